The molecular formula is C38H60N2O10. The predicted molar refractivity (Wildman–Crippen MR) is 194 cm³/mol. The first-order chi connectivity index (χ1) is 24.2. The normalized spacial score (nSPS) is 12.6. The van der Waals surface area contributed by atoms with Gasteiger partial charge < -0.3 is 34.3 Å². The van der Waals surface area contributed by atoms with Gasteiger partial charge >= 0.3 is 0 Å². The number of hydrogen-bond acceptors (Lipinski definition) is 10. The minimum Gasteiger partial charge on any atom is -0.379 e. The predicted octanol–water partition coefficient (Wildman–Crippen LogP) is 4.34. The molecule has 2 amide bonds. The SMILES string of the molecule is C=CC(=O)CCCCOCC(OCCCNC(=O)C=C)C(OCCCCC(=O)C=C)C(COCCCCC(=O)C=C)OCCCNC(=O)C=C. The molecular weight excluding hydrogens is 644 g/mol. The molecule has 0 aromatic heterocycles. The van der Waals surface area contributed by atoms with E-state index in [1.807, 2.05) is 0 Å². The van der Waals surface area contributed by atoms with Crippen molar-refractivity contribution in [1.82, 2.24) is 10.6 Å². The van der Waals surface area contributed by atoms with Crippen molar-refractivity contribution in [3.05, 3.63) is 63.3 Å². The van der Waals surface area contributed by atoms with Crippen LogP contribution in [-0.2, 0) is 47.7 Å². The lowest BCUT2D eigenvalue weighted by Gasteiger charge is -2.34. The highest BCUT2D eigenvalue weighted by Gasteiger charge is 2.33. The topological polar surface area (TPSA) is 156 Å². The largest absolute Gasteiger partial charge is 0.379 e. The summed E-state index contributed by atoms with van der Waals surface area (Å²) in [6.45, 7) is 20.2. The highest BCUT2D eigenvalue weighted by atomic mass is 16.6. The standard InChI is InChI=1S/C38H60N2O10/c1-6-31(41)19-11-14-24-46-29-34(48-27-17-22-39-36(44)9-4)38(50-26-16-13-21-33(43)8-3)35(49-28-18-23-40-37(45)10-5)30-47-25-15-12-20-32(42)7-2/h6-10,34-35,38H,1-5,11-30H2,(H,39,44)(H,40,45). The van der Waals surface area contributed by atoms with E-state index in [1.165, 1.54) is 30.4 Å². The van der Waals surface area contributed by atoms with Crippen molar-refractivity contribution in [2.45, 2.75) is 88.9 Å². The van der Waals surface area contributed by atoms with E-state index in [1.54, 1.807) is 0 Å². The molecule has 0 aliphatic carbocycles. The molecule has 282 valence electrons. The van der Waals surface area contributed by atoms with E-state index in [2.05, 4.69) is 43.5 Å². The average Bonchev–Trinajstić information content (AvgIpc) is 3.13. The summed E-state index contributed by atoms with van der Waals surface area (Å²) >= 11 is 0. The van der Waals surface area contributed by atoms with Gasteiger partial charge in [-0.15, -0.1) is 0 Å². The summed E-state index contributed by atoms with van der Waals surface area (Å²) in [5.41, 5.74) is 0. The van der Waals surface area contributed by atoms with Gasteiger partial charge in [0, 0.05) is 65.4 Å². The Kier molecular flexibility index (Phi) is 30.3. The van der Waals surface area contributed by atoms with Crippen molar-refractivity contribution in [2.75, 3.05) is 59.3 Å². The quantitative estimate of drug-likeness (QED) is 0.0705. The van der Waals surface area contributed by atoms with E-state index in [9.17, 15) is 24.0 Å². The van der Waals surface area contributed by atoms with Gasteiger partial charge in [0.25, 0.3) is 0 Å². The van der Waals surface area contributed by atoms with Gasteiger partial charge in [-0.2, -0.15) is 0 Å². The molecule has 0 rings (SSSR count). The van der Waals surface area contributed by atoms with E-state index in [0.29, 0.717) is 104 Å². The summed E-state index contributed by atoms with van der Waals surface area (Å²) in [6, 6.07) is 0. The van der Waals surface area contributed by atoms with E-state index >= 15 is 0 Å². The van der Waals surface area contributed by atoms with Crippen LogP contribution < -0.4 is 10.6 Å². The number of nitrogens with one attached hydrogen (secondary N) is 2. The Balaban J connectivity index is 5.88. The maximum absolute atomic E-state index is 11.7. The Bertz CT molecular complexity index is 979. The minimum atomic E-state index is -0.652. The highest BCUT2D eigenvalue weighted by Crippen LogP contribution is 2.17. The summed E-state index contributed by atoms with van der Waals surface area (Å²) in [7, 11) is 0. The third-order valence-corrected chi connectivity index (χ3v) is 7.31. The molecule has 0 fully saturated rings. The van der Waals surface area contributed by atoms with Crippen LogP contribution in [0.3, 0.4) is 0 Å². The van der Waals surface area contributed by atoms with Crippen molar-refractivity contribution in [1.29, 1.82) is 0 Å². The Hall–Kier alpha value is -3.55. The first-order valence-electron chi connectivity index (χ1n) is 17.5. The Morgan fingerprint density at radius 1 is 0.460 bits per heavy atom. The molecule has 2 N–H and O–H groups in total. The molecule has 0 aromatic rings. The summed E-state index contributed by atoms with van der Waals surface area (Å²) in [6.07, 6.45) is 10.5. The summed E-state index contributed by atoms with van der Waals surface area (Å²) in [5.74, 6) is -0.634. The van der Waals surface area contributed by atoms with E-state index in [4.69, 9.17) is 23.7 Å². The van der Waals surface area contributed by atoms with Crippen LogP contribution in [0.4, 0.5) is 0 Å². The number of hydrogen-bond donors (Lipinski definition) is 2. The number of rotatable bonds is 37. The number of carbonyl (C=O) groups excluding carboxylic acids is 5. The van der Waals surface area contributed by atoms with Crippen LogP contribution in [0.5, 0.6) is 0 Å². The number of ketones is 3. The van der Waals surface area contributed by atoms with Gasteiger partial charge in [-0.3, -0.25) is 24.0 Å². The van der Waals surface area contributed by atoms with Gasteiger partial charge in [0.05, 0.1) is 13.2 Å². The lowest BCUT2D eigenvalue weighted by Crippen LogP contribution is -2.48. The smallest absolute Gasteiger partial charge is 0.243 e. The van der Waals surface area contributed by atoms with E-state index in [0.717, 1.165) is 0 Å². The van der Waals surface area contributed by atoms with Gasteiger partial charge in [0.1, 0.15) is 18.3 Å². The first-order valence-corrected chi connectivity index (χ1v) is 17.5. The van der Waals surface area contributed by atoms with Crippen molar-refractivity contribution in [3.8, 4) is 0 Å². The summed E-state index contributed by atoms with van der Waals surface area (Å²) in [5, 5.41) is 5.46. The van der Waals surface area contributed by atoms with Crippen molar-refractivity contribution >= 4 is 29.2 Å². The fraction of sp³-hybridized carbons (Fsp3) is 0.605. The fourth-order valence-electron chi connectivity index (χ4n) is 4.44. The molecule has 50 heavy (non-hydrogen) atoms. The van der Waals surface area contributed by atoms with Crippen LogP contribution in [0, 0.1) is 0 Å². The molecule has 0 saturated carbocycles. The molecule has 0 spiro atoms. The highest BCUT2D eigenvalue weighted by molar-refractivity contribution is 5.89. The third kappa shape index (κ3) is 26.3. The molecule has 12 heteroatoms. The van der Waals surface area contributed by atoms with Crippen LogP contribution in [0.25, 0.3) is 0 Å². The molecule has 0 bridgehead atoms. The zero-order valence-corrected chi connectivity index (χ0v) is 29.9. The van der Waals surface area contributed by atoms with E-state index in [-0.39, 0.29) is 55.6 Å². The van der Waals surface area contributed by atoms with Gasteiger partial charge in [0.2, 0.25) is 11.8 Å². The molecule has 0 heterocycles. The van der Waals surface area contributed by atoms with Crippen LogP contribution in [0.15, 0.2) is 63.3 Å². The van der Waals surface area contributed by atoms with Crippen molar-refractivity contribution < 1.29 is 47.7 Å². The summed E-state index contributed by atoms with van der Waals surface area (Å²) < 4.78 is 31.1. The molecule has 0 saturated heterocycles. The number of ether oxygens (including phenoxy) is 5. The average molecular weight is 705 g/mol. The van der Waals surface area contributed by atoms with Crippen LogP contribution in [0.2, 0.25) is 0 Å². The Morgan fingerprint density at radius 3 is 1.18 bits per heavy atom. The fourth-order valence-corrected chi connectivity index (χ4v) is 4.44. The second-order valence-electron chi connectivity index (χ2n) is 11.4. The number of unbranched alkanes of at least 4 members (excludes halogenated alkanes) is 3. The van der Waals surface area contributed by atoms with Crippen molar-refractivity contribution in [2.24, 2.45) is 0 Å². The third-order valence-electron chi connectivity index (χ3n) is 7.31. The number of carbonyl (C=O) groups is 5. The first kappa shape index (κ1) is 46.5. The van der Waals surface area contributed by atoms with Crippen LogP contribution in [0.1, 0.15) is 70.6 Å². The van der Waals surface area contributed by atoms with Crippen molar-refractivity contribution in [3.63, 3.8) is 0 Å². The van der Waals surface area contributed by atoms with Crippen LogP contribution in [-0.4, -0.2) is 107 Å². The molecule has 0 radical (unpaired) electrons. The van der Waals surface area contributed by atoms with Gasteiger partial charge in [0.15, 0.2) is 17.3 Å². The second-order valence-corrected chi connectivity index (χ2v) is 11.4. The summed E-state index contributed by atoms with van der Waals surface area (Å²) in [4.78, 5) is 58.1. The maximum atomic E-state index is 11.7. The lowest BCUT2D eigenvalue weighted by molar-refractivity contribution is -0.170. The Morgan fingerprint density at radius 2 is 0.820 bits per heavy atom. The van der Waals surface area contributed by atoms with Gasteiger partial charge in [-0.25, -0.2) is 0 Å². The number of amides is 2. The minimum absolute atomic E-state index is 0.0191. The molecule has 12 nitrogen and oxygen atoms in total. The maximum Gasteiger partial charge on any atom is 0.243 e. The molecule has 0 aliphatic heterocycles. The molecule has 0 aromatic carbocycles. The molecule has 0 aliphatic rings. The second kappa shape index (κ2) is 32.6. The van der Waals surface area contributed by atoms with Gasteiger partial charge in [-0.05, 0) is 81.7 Å². The lowest BCUT2D eigenvalue weighted by atomic mass is 10.1. The Labute approximate surface area is 298 Å². The zero-order valence-electron chi connectivity index (χ0n) is 29.9. The molecule has 2 atom stereocenters. The van der Waals surface area contributed by atoms with Crippen LogP contribution >= 0.6 is 0 Å². The zero-order chi connectivity index (χ0) is 37.2. The van der Waals surface area contributed by atoms with Gasteiger partial charge in [-0.1, -0.05) is 32.9 Å². The monoisotopic (exact) mass is 704 g/mol. The van der Waals surface area contributed by atoms with E-state index < -0.39 is 18.3 Å². The number of allylic oxidation sites excluding steroid dienone is 3. The molecule has 2 unspecified atom stereocenters.